The number of hydrogen-bond donors (Lipinski definition) is 0. The van der Waals surface area contributed by atoms with Gasteiger partial charge in [-0.25, -0.2) is 4.98 Å². The number of rotatable bonds is 2. The largest absolute Gasteiger partial charge is 0.324 e. The first kappa shape index (κ1) is 13.9. The number of nitrogens with zero attached hydrogens (tertiary/aromatic N) is 3. The second-order valence-corrected chi connectivity index (χ2v) is 6.16. The summed E-state index contributed by atoms with van der Waals surface area (Å²) >= 11 is 6.02. The van der Waals surface area contributed by atoms with Crippen LogP contribution in [0.1, 0.15) is 45.1 Å². The highest BCUT2D eigenvalue weighted by Crippen LogP contribution is 2.34. The summed E-state index contributed by atoms with van der Waals surface area (Å²) < 4.78 is 2.16. The standard InChI is InChI=1S/C15H18ClN3/c1-10(15(2,3)4)19-13-7-11(9-17)5-6-12(13)18-14(19)8-16/h5-7,10H,8H2,1-4H3. The topological polar surface area (TPSA) is 41.6 Å². The van der Waals surface area contributed by atoms with Gasteiger partial charge in [0.1, 0.15) is 5.82 Å². The molecule has 0 N–H and O–H groups in total. The highest BCUT2D eigenvalue weighted by Gasteiger charge is 2.25. The number of imidazole rings is 1. The number of halogens is 1. The molecule has 1 heterocycles. The third-order valence-corrected chi connectivity index (χ3v) is 3.89. The molecule has 1 unspecified atom stereocenters. The maximum absolute atomic E-state index is 9.04. The average molecular weight is 276 g/mol. The minimum atomic E-state index is 0.0943. The molecular weight excluding hydrogens is 258 g/mol. The van der Waals surface area contributed by atoms with Crippen LogP contribution in [0.15, 0.2) is 18.2 Å². The third-order valence-electron chi connectivity index (χ3n) is 3.65. The Morgan fingerprint density at radius 2 is 2.11 bits per heavy atom. The average Bonchev–Trinajstić information content (AvgIpc) is 2.73. The molecule has 1 aromatic carbocycles. The lowest BCUT2D eigenvalue weighted by molar-refractivity contribution is 0.264. The van der Waals surface area contributed by atoms with Crippen LogP contribution in [0, 0.1) is 16.7 Å². The van der Waals surface area contributed by atoms with Crippen molar-refractivity contribution in [3.63, 3.8) is 0 Å². The van der Waals surface area contributed by atoms with Gasteiger partial charge in [0.15, 0.2) is 0 Å². The summed E-state index contributed by atoms with van der Waals surface area (Å²) in [7, 11) is 0. The Balaban J connectivity index is 2.72. The predicted octanol–water partition coefficient (Wildman–Crippen LogP) is 4.25. The first-order valence-electron chi connectivity index (χ1n) is 6.35. The smallest absolute Gasteiger partial charge is 0.125 e. The van der Waals surface area contributed by atoms with Crippen molar-refractivity contribution < 1.29 is 0 Å². The minimum absolute atomic E-state index is 0.0943. The Hall–Kier alpha value is -1.53. The second kappa shape index (κ2) is 4.86. The van der Waals surface area contributed by atoms with Crippen LogP contribution >= 0.6 is 11.6 Å². The molecule has 0 aliphatic carbocycles. The second-order valence-electron chi connectivity index (χ2n) is 5.89. The lowest BCUT2D eigenvalue weighted by Gasteiger charge is -2.30. The van der Waals surface area contributed by atoms with Gasteiger partial charge >= 0.3 is 0 Å². The van der Waals surface area contributed by atoms with Gasteiger partial charge in [-0.2, -0.15) is 5.26 Å². The van der Waals surface area contributed by atoms with Crippen LogP contribution in [0.2, 0.25) is 0 Å². The zero-order valence-electron chi connectivity index (χ0n) is 11.7. The summed E-state index contributed by atoms with van der Waals surface area (Å²) in [5, 5.41) is 9.04. The van der Waals surface area contributed by atoms with Crippen molar-refractivity contribution in [2.75, 3.05) is 0 Å². The number of fused-ring (bicyclic) bond motifs is 1. The molecule has 0 saturated heterocycles. The lowest BCUT2D eigenvalue weighted by atomic mass is 9.87. The van der Waals surface area contributed by atoms with E-state index >= 15 is 0 Å². The molecule has 0 aliphatic rings. The number of nitriles is 1. The zero-order valence-corrected chi connectivity index (χ0v) is 12.5. The quantitative estimate of drug-likeness (QED) is 0.769. The molecule has 0 radical (unpaired) electrons. The monoisotopic (exact) mass is 275 g/mol. The molecule has 100 valence electrons. The highest BCUT2D eigenvalue weighted by atomic mass is 35.5. The molecule has 4 heteroatoms. The third kappa shape index (κ3) is 2.46. The van der Waals surface area contributed by atoms with Crippen LogP contribution < -0.4 is 0 Å². The van der Waals surface area contributed by atoms with Crippen LogP contribution in [-0.4, -0.2) is 9.55 Å². The van der Waals surface area contributed by atoms with Crippen LogP contribution in [0.25, 0.3) is 11.0 Å². The zero-order chi connectivity index (χ0) is 14.2. The van der Waals surface area contributed by atoms with E-state index in [1.807, 2.05) is 12.1 Å². The minimum Gasteiger partial charge on any atom is -0.324 e. The van der Waals surface area contributed by atoms with Crippen LogP contribution in [0.5, 0.6) is 0 Å². The Morgan fingerprint density at radius 3 is 2.63 bits per heavy atom. The fourth-order valence-corrected chi connectivity index (χ4v) is 2.31. The van der Waals surface area contributed by atoms with E-state index in [1.54, 1.807) is 6.07 Å². The molecule has 1 aromatic heterocycles. The molecule has 0 fully saturated rings. The van der Waals surface area contributed by atoms with Crippen LogP contribution in [0.4, 0.5) is 0 Å². The summed E-state index contributed by atoms with van der Waals surface area (Å²) in [6, 6.07) is 7.99. The lowest BCUT2D eigenvalue weighted by Crippen LogP contribution is -2.23. The Bertz CT molecular complexity index is 644. The maximum Gasteiger partial charge on any atom is 0.125 e. The molecule has 19 heavy (non-hydrogen) atoms. The summed E-state index contributed by atoms with van der Waals surface area (Å²) in [5.41, 5.74) is 2.62. The molecule has 3 nitrogen and oxygen atoms in total. The van der Waals surface area contributed by atoms with Gasteiger partial charge in [-0.3, -0.25) is 0 Å². The van der Waals surface area contributed by atoms with E-state index in [2.05, 4.69) is 43.3 Å². The molecule has 0 amide bonds. The van der Waals surface area contributed by atoms with E-state index < -0.39 is 0 Å². The highest BCUT2D eigenvalue weighted by molar-refractivity contribution is 6.16. The summed E-state index contributed by atoms with van der Waals surface area (Å²) in [5.74, 6) is 1.23. The van der Waals surface area contributed by atoms with Crippen molar-refractivity contribution >= 4 is 22.6 Å². The van der Waals surface area contributed by atoms with Gasteiger partial charge in [-0.1, -0.05) is 20.8 Å². The van der Waals surface area contributed by atoms with Crippen LogP contribution in [-0.2, 0) is 5.88 Å². The van der Waals surface area contributed by atoms with E-state index in [4.69, 9.17) is 16.9 Å². The summed E-state index contributed by atoms with van der Waals surface area (Å²) in [4.78, 5) is 4.56. The van der Waals surface area contributed by atoms with Gasteiger partial charge in [0.25, 0.3) is 0 Å². The Labute approximate surface area is 118 Å². The molecule has 0 saturated carbocycles. The molecular formula is C15H18ClN3. The molecule has 1 atom stereocenters. The molecule has 2 rings (SSSR count). The summed E-state index contributed by atoms with van der Waals surface area (Å²) in [6.07, 6.45) is 0. The van der Waals surface area contributed by atoms with Gasteiger partial charge in [0.05, 0.1) is 28.5 Å². The number of alkyl halides is 1. The fraction of sp³-hybridized carbons (Fsp3) is 0.467. The van der Waals surface area contributed by atoms with Crippen molar-refractivity contribution in [3.05, 3.63) is 29.6 Å². The van der Waals surface area contributed by atoms with E-state index in [0.717, 1.165) is 16.9 Å². The van der Waals surface area contributed by atoms with E-state index in [1.165, 1.54) is 0 Å². The first-order chi connectivity index (χ1) is 8.88. The Morgan fingerprint density at radius 1 is 1.42 bits per heavy atom. The number of aromatic nitrogens is 2. The number of hydrogen-bond acceptors (Lipinski definition) is 2. The maximum atomic E-state index is 9.04. The molecule has 0 bridgehead atoms. The van der Waals surface area contributed by atoms with Crippen molar-refractivity contribution in [1.29, 1.82) is 5.26 Å². The van der Waals surface area contributed by atoms with Crippen molar-refractivity contribution in [2.45, 2.75) is 39.6 Å². The van der Waals surface area contributed by atoms with Crippen molar-refractivity contribution in [3.8, 4) is 6.07 Å². The van der Waals surface area contributed by atoms with E-state index in [0.29, 0.717) is 11.4 Å². The first-order valence-corrected chi connectivity index (χ1v) is 6.89. The van der Waals surface area contributed by atoms with Gasteiger partial charge < -0.3 is 4.57 Å². The van der Waals surface area contributed by atoms with Gasteiger partial charge in [-0.15, -0.1) is 11.6 Å². The Kier molecular flexibility index (Phi) is 3.56. The van der Waals surface area contributed by atoms with Gasteiger partial charge in [0, 0.05) is 6.04 Å². The molecule has 0 spiro atoms. The molecule has 2 aromatic rings. The SMILES string of the molecule is CC(n1c(CCl)nc2ccc(C#N)cc21)C(C)(C)C. The van der Waals surface area contributed by atoms with E-state index in [9.17, 15) is 0 Å². The fourth-order valence-electron chi connectivity index (χ4n) is 2.13. The van der Waals surface area contributed by atoms with Crippen molar-refractivity contribution in [1.82, 2.24) is 9.55 Å². The van der Waals surface area contributed by atoms with Crippen LogP contribution in [0.3, 0.4) is 0 Å². The van der Waals surface area contributed by atoms with E-state index in [-0.39, 0.29) is 11.5 Å². The summed E-state index contributed by atoms with van der Waals surface area (Å²) in [6.45, 7) is 8.73. The molecule has 0 aliphatic heterocycles. The number of benzene rings is 1. The van der Waals surface area contributed by atoms with Crippen molar-refractivity contribution in [2.24, 2.45) is 5.41 Å². The predicted molar refractivity (Wildman–Crippen MR) is 78.2 cm³/mol. The van der Waals surface area contributed by atoms with Gasteiger partial charge in [-0.05, 0) is 30.5 Å². The normalized spacial score (nSPS) is 13.5. The van der Waals surface area contributed by atoms with Gasteiger partial charge in [0.2, 0.25) is 0 Å².